The van der Waals surface area contributed by atoms with Gasteiger partial charge in [0.05, 0.1) is 0 Å². The third-order valence-electron chi connectivity index (χ3n) is 3.37. The average Bonchev–Trinajstić information content (AvgIpc) is 3.00. The summed E-state index contributed by atoms with van der Waals surface area (Å²) in [6.07, 6.45) is 9.92. The Hall–Kier alpha value is 0.230. The molecule has 0 heterocycles. The fraction of sp³-hybridized carbons (Fsp3) is 0.750. The molecule has 1 aliphatic carbocycles. The molecule has 0 saturated carbocycles. The summed E-state index contributed by atoms with van der Waals surface area (Å²) in [7, 11) is 1.99. The van der Waals surface area contributed by atoms with Gasteiger partial charge in [-0.3, -0.25) is 0 Å². The second-order valence-corrected chi connectivity index (χ2v) is 10.0. The maximum Gasteiger partial charge on any atom is -0.00352 e. The first-order chi connectivity index (χ1) is 9.71. The molecular formula is C16H33HfN3. The van der Waals surface area contributed by atoms with Crippen LogP contribution >= 0.6 is 0 Å². The van der Waals surface area contributed by atoms with Crippen LogP contribution < -0.4 is 5.32 Å². The standard InChI is InChI=1S/C8H13N.2C4H10N.Hf/c1-9-7-6-8-4-2-3-5-8;2*1-3-5-4-2;/h2-5,8-9H,6-7H2,1H3;2*3-4H2,1-2H3;/q;2*-1;+2. The van der Waals surface area contributed by atoms with E-state index < -0.39 is 23.5 Å². The van der Waals surface area contributed by atoms with Crippen LogP contribution in [0.15, 0.2) is 24.3 Å². The molecule has 0 unspecified atom stereocenters. The van der Waals surface area contributed by atoms with Crippen LogP contribution in [0.2, 0.25) is 0 Å². The molecule has 0 radical (unpaired) electrons. The molecule has 0 aromatic heterocycles. The maximum absolute atomic E-state index is 3.13. The van der Waals surface area contributed by atoms with Crippen LogP contribution in [-0.2, 0) is 23.5 Å². The van der Waals surface area contributed by atoms with E-state index in [9.17, 15) is 0 Å². The maximum atomic E-state index is 3.13. The quantitative estimate of drug-likeness (QED) is 0.550. The van der Waals surface area contributed by atoms with Crippen molar-refractivity contribution in [1.82, 2.24) is 11.1 Å². The second kappa shape index (κ2) is 14.2. The van der Waals surface area contributed by atoms with Crippen LogP contribution in [0.4, 0.5) is 0 Å². The van der Waals surface area contributed by atoms with Crippen molar-refractivity contribution >= 4 is 0 Å². The number of nitrogens with zero attached hydrogens (tertiary/aromatic N) is 2. The fourth-order valence-corrected chi connectivity index (χ4v) is 5.38. The molecule has 20 heavy (non-hydrogen) atoms. The third-order valence-corrected chi connectivity index (χ3v) is 9.94. The second-order valence-electron chi connectivity index (χ2n) is 4.77. The first kappa shape index (κ1) is 20.2. The molecule has 0 bridgehead atoms. The summed E-state index contributed by atoms with van der Waals surface area (Å²) in [5.74, 6) is 0.692. The Kier molecular flexibility index (Phi) is 14.3. The van der Waals surface area contributed by atoms with Crippen molar-refractivity contribution < 1.29 is 23.5 Å². The molecular weight excluding hydrogens is 413 g/mol. The van der Waals surface area contributed by atoms with Crippen molar-refractivity contribution in [3.05, 3.63) is 24.3 Å². The average molecular weight is 446 g/mol. The van der Waals surface area contributed by atoms with E-state index in [1.807, 2.05) is 7.05 Å². The van der Waals surface area contributed by atoms with Crippen molar-refractivity contribution in [3.8, 4) is 0 Å². The van der Waals surface area contributed by atoms with E-state index in [4.69, 9.17) is 0 Å². The predicted octanol–water partition coefficient (Wildman–Crippen LogP) is 2.92. The summed E-state index contributed by atoms with van der Waals surface area (Å²) in [4.78, 5) is 0. The van der Waals surface area contributed by atoms with E-state index in [2.05, 4.69) is 63.1 Å². The van der Waals surface area contributed by atoms with Gasteiger partial charge < -0.3 is 5.32 Å². The molecule has 1 aliphatic rings. The normalized spacial score (nSPS) is 13.9. The van der Waals surface area contributed by atoms with E-state index in [0.717, 1.165) is 6.54 Å². The zero-order valence-electron chi connectivity index (χ0n) is 14.0. The first-order valence-corrected chi connectivity index (χ1v) is 11.2. The van der Waals surface area contributed by atoms with Crippen molar-refractivity contribution in [2.75, 3.05) is 39.8 Å². The van der Waals surface area contributed by atoms with Gasteiger partial charge in [0, 0.05) is 0 Å². The van der Waals surface area contributed by atoms with Gasteiger partial charge in [-0.25, -0.2) is 0 Å². The summed E-state index contributed by atoms with van der Waals surface area (Å²) in [6.45, 7) is 15.2. The largest absolute Gasteiger partial charge is 0.320 e. The third kappa shape index (κ3) is 10.0. The number of allylic oxidation sites excluding steroid dienone is 4. The molecule has 0 amide bonds. The summed E-state index contributed by atoms with van der Waals surface area (Å²) < 4.78 is 5.26. The van der Waals surface area contributed by atoms with Gasteiger partial charge in [-0.05, 0) is 25.9 Å². The fourth-order valence-electron chi connectivity index (χ4n) is 1.91. The number of rotatable bonds is 9. The van der Waals surface area contributed by atoms with Crippen LogP contribution in [0.3, 0.4) is 0 Å². The van der Waals surface area contributed by atoms with Crippen LogP contribution in [0.5, 0.6) is 0 Å². The monoisotopic (exact) mass is 447 g/mol. The van der Waals surface area contributed by atoms with E-state index in [0.29, 0.717) is 5.92 Å². The zero-order chi connectivity index (χ0) is 15.2. The van der Waals surface area contributed by atoms with Crippen molar-refractivity contribution in [3.63, 3.8) is 0 Å². The van der Waals surface area contributed by atoms with Crippen LogP contribution in [0.25, 0.3) is 0 Å². The van der Waals surface area contributed by atoms with Crippen molar-refractivity contribution in [1.29, 1.82) is 0 Å². The van der Waals surface area contributed by atoms with Gasteiger partial charge in [-0.2, -0.15) is 0 Å². The van der Waals surface area contributed by atoms with Gasteiger partial charge in [0.2, 0.25) is 0 Å². The number of hydrogen-bond donors (Lipinski definition) is 1. The van der Waals surface area contributed by atoms with Gasteiger partial charge in [0.25, 0.3) is 0 Å². The van der Waals surface area contributed by atoms with Gasteiger partial charge in [-0.15, -0.1) is 0 Å². The summed E-state index contributed by atoms with van der Waals surface area (Å²) in [5.41, 5.74) is 0. The Balaban J connectivity index is 0.000000367. The molecule has 0 spiro atoms. The van der Waals surface area contributed by atoms with Gasteiger partial charge in [0.15, 0.2) is 0 Å². The van der Waals surface area contributed by atoms with E-state index in [1.165, 1.54) is 32.6 Å². The molecule has 0 saturated heterocycles. The molecule has 0 fully saturated rings. The van der Waals surface area contributed by atoms with Crippen LogP contribution in [0, 0.1) is 5.92 Å². The van der Waals surface area contributed by atoms with Gasteiger partial charge in [0.1, 0.15) is 0 Å². The Labute approximate surface area is 138 Å². The zero-order valence-corrected chi connectivity index (χ0v) is 17.6. The predicted molar refractivity (Wildman–Crippen MR) is 86.2 cm³/mol. The Morgan fingerprint density at radius 1 is 0.900 bits per heavy atom. The SMILES string of the molecule is CC[N](CC)[Hf][N](CC)CC.CNCCC1C=CC=C1. The smallest absolute Gasteiger partial charge is 0.00352 e. The molecule has 0 aromatic carbocycles. The molecule has 0 atom stereocenters. The molecule has 4 heteroatoms. The van der Waals surface area contributed by atoms with E-state index >= 15 is 0 Å². The Bertz CT molecular complexity index is 236. The van der Waals surface area contributed by atoms with Gasteiger partial charge >= 0.3 is 83.1 Å². The molecule has 116 valence electrons. The van der Waals surface area contributed by atoms with Crippen molar-refractivity contribution in [2.24, 2.45) is 5.92 Å². The van der Waals surface area contributed by atoms with E-state index in [1.54, 1.807) is 0 Å². The minimum Gasteiger partial charge on any atom is -0.320 e. The topological polar surface area (TPSA) is 18.5 Å². The molecule has 1 rings (SSSR count). The molecule has 0 aliphatic heterocycles. The molecule has 0 aromatic rings. The van der Waals surface area contributed by atoms with Gasteiger partial charge in [-0.1, -0.05) is 24.3 Å². The summed E-state index contributed by atoms with van der Waals surface area (Å²) in [6, 6.07) is 0. The van der Waals surface area contributed by atoms with Crippen molar-refractivity contribution in [2.45, 2.75) is 34.1 Å². The summed E-state index contributed by atoms with van der Waals surface area (Å²) >= 11 is -0.582. The Morgan fingerprint density at radius 3 is 1.70 bits per heavy atom. The number of hydrogen-bond acceptors (Lipinski definition) is 3. The minimum atomic E-state index is -0.582. The Morgan fingerprint density at radius 2 is 1.35 bits per heavy atom. The minimum absolute atomic E-state index is 0.582. The summed E-state index contributed by atoms with van der Waals surface area (Å²) in [5, 5.41) is 3.13. The van der Waals surface area contributed by atoms with Crippen LogP contribution in [-0.4, -0.2) is 45.5 Å². The molecule has 1 N–H and O–H groups in total. The van der Waals surface area contributed by atoms with Crippen LogP contribution in [0.1, 0.15) is 34.1 Å². The van der Waals surface area contributed by atoms with E-state index in [-0.39, 0.29) is 0 Å². The molecule has 3 nitrogen and oxygen atoms in total. The number of nitrogens with one attached hydrogen (secondary N) is 1. The first-order valence-electron chi connectivity index (χ1n) is 7.97.